The molecular formula is C17H17NO2. The monoisotopic (exact) mass is 267 g/mol. The molecule has 20 heavy (non-hydrogen) atoms. The van der Waals surface area contributed by atoms with E-state index in [-0.39, 0.29) is 0 Å². The van der Waals surface area contributed by atoms with Crippen molar-refractivity contribution >= 4 is 27.6 Å². The van der Waals surface area contributed by atoms with E-state index in [0.717, 1.165) is 29.7 Å². The second-order valence-corrected chi connectivity index (χ2v) is 5.48. The fourth-order valence-corrected chi connectivity index (χ4v) is 2.93. The van der Waals surface area contributed by atoms with E-state index >= 15 is 0 Å². The maximum absolute atomic E-state index is 5.84. The summed E-state index contributed by atoms with van der Waals surface area (Å²) in [4.78, 5) is 0. The van der Waals surface area contributed by atoms with Crippen LogP contribution in [0.2, 0.25) is 0 Å². The Morgan fingerprint density at radius 2 is 1.85 bits per heavy atom. The van der Waals surface area contributed by atoms with Gasteiger partial charge >= 0.3 is 0 Å². The molecule has 1 N–H and O–H groups in total. The SMILES string of the molecule is COC1CC(Nc2ccc3oc4ccccc4c3c2)C1. The number of anilines is 1. The summed E-state index contributed by atoms with van der Waals surface area (Å²) in [6.45, 7) is 0. The maximum atomic E-state index is 5.84. The van der Waals surface area contributed by atoms with Gasteiger partial charge in [0.05, 0.1) is 6.10 Å². The van der Waals surface area contributed by atoms with E-state index < -0.39 is 0 Å². The maximum Gasteiger partial charge on any atom is 0.135 e. The third-order valence-corrected chi connectivity index (χ3v) is 4.18. The summed E-state index contributed by atoms with van der Waals surface area (Å²) in [6, 6.07) is 15.0. The molecule has 1 heterocycles. The number of ether oxygens (including phenoxy) is 1. The molecule has 0 amide bonds. The minimum atomic E-state index is 0.422. The average Bonchev–Trinajstić information content (AvgIpc) is 2.80. The van der Waals surface area contributed by atoms with Crippen LogP contribution in [0.4, 0.5) is 5.69 Å². The van der Waals surface area contributed by atoms with Crippen LogP contribution in [-0.2, 0) is 4.74 Å². The first-order valence-corrected chi connectivity index (χ1v) is 7.04. The van der Waals surface area contributed by atoms with Crippen molar-refractivity contribution in [1.82, 2.24) is 0 Å². The van der Waals surface area contributed by atoms with Gasteiger partial charge in [-0.25, -0.2) is 0 Å². The summed E-state index contributed by atoms with van der Waals surface area (Å²) in [6.07, 6.45) is 2.59. The predicted molar refractivity (Wildman–Crippen MR) is 81.2 cm³/mol. The Morgan fingerprint density at radius 1 is 1.05 bits per heavy atom. The molecule has 3 aromatic rings. The Morgan fingerprint density at radius 3 is 2.70 bits per heavy atom. The second-order valence-electron chi connectivity index (χ2n) is 5.48. The fraction of sp³-hybridized carbons (Fsp3) is 0.294. The van der Waals surface area contributed by atoms with Crippen LogP contribution in [0.15, 0.2) is 46.9 Å². The van der Waals surface area contributed by atoms with E-state index in [1.807, 2.05) is 24.3 Å². The van der Waals surface area contributed by atoms with Crippen LogP contribution in [0, 0.1) is 0 Å². The van der Waals surface area contributed by atoms with E-state index in [1.165, 1.54) is 10.8 Å². The van der Waals surface area contributed by atoms with Gasteiger partial charge in [0.1, 0.15) is 11.2 Å². The van der Waals surface area contributed by atoms with Gasteiger partial charge in [-0.1, -0.05) is 18.2 Å². The number of hydrogen-bond donors (Lipinski definition) is 1. The van der Waals surface area contributed by atoms with Crippen molar-refractivity contribution < 1.29 is 9.15 Å². The van der Waals surface area contributed by atoms with E-state index in [1.54, 1.807) is 7.11 Å². The number of furan rings is 1. The number of para-hydroxylation sites is 1. The molecule has 2 aromatic carbocycles. The van der Waals surface area contributed by atoms with E-state index in [4.69, 9.17) is 9.15 Å². The zero-order valence-corrected chi connectivity index (χ0v) is 11.4. The molecule has 0 unspecified atom stereocenters. The molecule has 1 aromatic heterocycles. The number of hydrogen-bond acceptors (Lipinski definition) is 3. The lowest BCUT2D eigenvalue weighted by atomic mass is 9.89. The number of methoxy groups -OCH3 is 1. The summed E-state index contributed by atoms with van der Waals surface area (Å²) < 4.78 is 11.2. The van der Waals surface area contributed by atoms with Gasteiger partial charge in [-0.3, -0.25) is 0 Å². The van der Waals surface area contributed by atoms with E-state index in [9.17, 15) is 0 Å². The first-order valence-electron chi connectivity index (χ1n) is 7.04. The topological polar surface area (TPSA) is 34.4 Å². The van der Waals surface area contributed by atoms with Gasteiger partial charge < -0.3 is 14.5 Å². The summed E-state index contributed by atoms with van der Waals surface area (Å²) in [5, 5.41) is 5.92. The molecule has 1 aliphatic rings. The predicted octanol–water partition coefficient (Wildman–Crippen LogP) is 4.18. The molecule has 0 bridgehead atoms. The molecule has 1 aliphatic carbocycles. The molecule has 0 atom stereocenters. The summed E-state index contributed by atoms with van der Waals surface area (Å²) in [7, 11) is 1.78. The largest absolute Gasteiger partial charge is 0.456 e. The number of rotatable bonds is 3. The molecule has 1 fully saturated rings. The molecule has 0 saturated heterocycles. The summed E-state index contributed by atoms with van der Waals surface area (Å²) in [5.74, 6) is 0. The lowest BCUT2D eigenvalue weighted by Crippen LogP contribution is -2.40. The Labute approximate surface area is 117 Å². The molecular weight excluding hydrogens is 250 g/mol. The highest BCUT2D eigenvalue weighted by Gasteiger charge is 2.28. The first kappa shape index (κ1) is 11.8. The standard InChI is InChI=1S/C17H17NO2/c1-19-13-8-12(9-13)18-11-6-7-17-15(10-11)14-4-2-3-5-16(14)20-17/h2-7,10,12-13,18H,8-9H2,1H3. The van der Waals surface area contributed by atoms with Crippen LogP contribution < -0.4 is 5.32 Å². The van der Waals surface area contributed by atoms with Crippen molar-refractivity contribution in [1.29, 1.82) is 0 Å². The van der Waals surface area contributed by atoms with Gasteiger partial charge in [0.15, 0.2) is 0 Å². The first-order chi connectivity index (χ1) is 9.83. The van der Waals surface area contributed by atoms with Crippen LogP contribution in [0.3, 0.4) is 0 Å². The van der Waals surface area contributed by atoms with Gasteiger partial charge in [-0.2, -0.15) is 0 Å². The Balaban J connectivity index is 1.66. The molecule has 0 spiro atoms. The highest BCUT2D eigenvalue weighted by molar-refractivity contribution is 6.05. The molecule has 4 rings (SSSR count). The average molecular weight is 267 g/mol. The fourth-order valence-electron chi connectivity index (χ4n) is 2.93. The zero-order valence-electron chi connectivity index (χ0n) is 11.4. The number of fused-ring (bicyclic) bond motifs is 3. The minimum absolute atomic E-state index is 0.422. The third kappa shape index (κ3) is 1.86. The summed E-state index contributed by atoms with van der Waals surface area (Å²) >= 11 is 0. The highest BCUT2D eigenvalue weighted by atomic mass is 16.5. The Bertz CT molecular complexity index is 756. The van der Waals surface area contributed by atoms with Crippen LogP contribution >= 0.6 is 0 Å². The molecule has 0 radical (unpaired) electrons. The van der Waals surface area contributed by atoms with Crippen LogP contribution in [0.1, 0.15) is 12.8 Å². The van der Waals surface area contributed by atoms with Crippen LogP contribution in [0.5, 0.6) is 0 Å². The van der Waals surface area contributed by atoms with Crippen molar-refractivity contribution in [2.24, 2.45) is 0 Å². The number of nitrogens with one attached hydrogen (secondary N) is 1. The zero-order chi connectivity index (χ0) is 13.5. The summed E-state index contributed by atoms with van der Waals surface area (Å²) in [5.41, 5.74) is 3.05. The second kappa shape index (κ2) is 4.53. The molecule has 102 valence electrons. The molecule has 3 heteroatoms. The van der Waals surface area contributed by atoms with Crippen molar-refractivity contribution in [3.05, 3.63) is 42.5 Å². The van der Waals surface area contributed by atoms with Gasteiger partial charge in [0.25, 0.3) is 0 Å². The lowest BCUT2D eigenvalue weighted by molar-refractivity contribution is 0.0329. The molecule has 0 aliphatic heterocycles. The van der Waals surface area contributed by atoms with Crippen LogP contribution in [-0.4, -0.2) is 19.3 Å². The van der Waals surface area contributed by atoms with Gasteiger partial charge in [-0.15, -0.1) is 0 Å². The van der Waals surface area contributed by atoms with Gasteiger partial charge in [0, 0.05) is 29.6 Å². The molecule has 1 saturated carbocycles. The highest BCUT2D eigenvalue weighted by Crippen LogP contribution is 2.32. The quantitative estimate of drug-likeness (QED) is 0.773. The minimum Gasteiger partial charge on any atom is -0.456 e. The van der Waals surface area contributed by atoms with E-state index in [0.29, 0.717) is 12.1 Å². The molecule has 3 nitrogen and oxygen atoms in total. The third-order valence-electron chi connectivity index (χ3n) is 4.18. The van der Waals surface area contributed by atoms with Crippen molar-refractivity contribution in [3.63, 3.8) is 0 Å². The van der Waals surface area contributed by atoms with Crippen molar-refractivity contribution in [3.8, 4) is 0 Å². The normalized spacial score (nSPS) is 22.1. The van der Waals surface area contributed by atoms with Gasteiger partial charge in [-0.05, 0) is 37.1 Å². The van der Waals surface area contributed by atoms with E-state index in [2.05, 4.69) is 23.5 Å². The lowest BCUT2D eigenvalue weighted by Gasteiger charge is -2.35. The smallest absolute Gasteiger partial charge is 0.135 e. The van der Waals surface area contributed by atoms with Crippen molar-refractivity contribution in [2.45, 2.75) is 25.0 Å². The Hall–Kier alpha value is -2.00. The van der Waals surface area contributed by atoms with Crippen LogP contribution in [0.25, 0.3) is 21.9 Å². The van der Waals surface area contributed by atoms with Crippen molar-refractivity contribution in [2.75, 3.05) is 12.4 Å². The number of benzene rings is 2. The van der Waals surface area contributed by atoms with Gasteiger partial charge in [0.2, 0.25) is 0 Å². The Kier molecular flexibility index (Phi) is 2.67.